The van der Waals surface area contributed by atoms with E-state index >= 15 is 0 Å². The zero-order valence-corrected chi connectivity index (χ0v) is 15.2. The monoisotopic (exact) mass is 398 g/mol. The van der Waals surface area contributed by atoms with Crippen molar-refractivity contribution >= 4 is 39.2 Å². The van der Waals surface area contributed by atoms with Crippen LogP contribution in [0.4, 0.5) is 0 Å². The molecule has 5 heteroatoms. The molecule has 0 aliphatic carbocycles. The second kappa shape index (κ2) is 8.04. The van der Waals surface area contributed by atoms with E-state index in [4.69, 9.17) is 0 Å². The molecule has 24 heavy (non-hydrogen) atoms. The van der Waals surface area contributed by atoms with Crippen LogP contribution in [0, 0.1) is 0 Å². The van der Waals surface area contributed by atoms with E-state index in [1.54, 1.807) is 23.6 Å². The summed E-state index contributed by atoms with van der Waals surface area (Å²) in [5.41, 5.74) is 2.01. The first-order valence-electron chi connectivity index (χ1n) is 7.42. The Morgan fingerprint density at radius 2 is 1.96 bits per heavy atom. The van der Waals surface area contributed by atoms with E-state index < -0.39 is 0 Å². The van der Waals surface area contributed by atoms with E-state index in [-0.39, 0.29) is 5.91 Å². The normalized spacial score (nSPS) is 10.9. The first kappa shape index (κ1) is 16.6. The third-order valence-electron chi connectivity index (χ3n) is 3.32. The predicted molar refractivity (Wildman–Crippen MR) is 103 cm³/mol. The van der Waals surface area contributed by atoms with E-state index in [2.05, 4.69) is 44.4 Å². The van der Waals surface area contributed by atoms with Crippen molar-refractivity contribution in [2.75, 3.05) is 0 Å². The molecule has 0 saturated carbocycles. The maximum Gasteiger partial charge on any atom is 0.244 e. The first-order valence-corrected chi connectivity index (χ1v) is 9.03. The Labute approximate surface area is 153 Å². The number of halogens is 1. The van der Waals surface area contributed by atoms with Crippen molar-refractivity contribution in [3.8, 4) is 10.4 Å². The molecule has 120 valence electrons. The molecular weight excluding hydrogens is 384 g/mol. The van der Waals surface area contributed by atoms with E-state index in [1.807, 2.05) is 42.5 Å². The molecule has 2 heterocycles. The number of benzene rings is 1. The van der Waals surface area contributed by atoms with E-state index in [0.29, 0.717) is 6.54 Å². The Balaban J connectivity index is 1.58. The van der Waals surface area contributed by atoms with Crippen molar-refractivity contribution in [1.29, 1.82) is 0 Å². The molecule has 0 unspecified atom stereocenters. The average molecular weight is 399 g/mol. The molecule has 3 rings (SSSR count). The lowest BCUT2D eigenvalue weighted by atomic mass is 10.2. The standard InChI is InChI=1S/C19H15BrN2OS/c20-15-6-4-14(5-7-15)18-10-8-17(24-18)9-11-19(23)22-13-16-3-1-2-12-21-16/h1-12H,13H2,(H,22,23)/b11-9+. The van der Waals surface area contributed by atoms with Crippen LogP contribution in [-0.4, -0.2) is 10.9 Å². The summed E-state index contributed by atoms with van der Waals surface area (Å²) in [6, 6.07) is 17.9. The highest BCUT2D eigenvalue weighted by atomic mass is 79.9. The SMILES string of the molecule is O=C(/C=C/c1ccc(-c2ccc(Br)cc2)s1)NCc1ccccn1. The third-order valence-corrected chi connectivity index (χ3v) is 4.95. The molecule has 0 aliphatic rings. The third kappa shape index (κ3) is 4.63. The number of nitrogens with one attached hydrogen (secondary N) is 1. The fourth-order valence-electron chi connectivity index (χ4n) is 2.11. The molecule has 0 saturated heterocycles. The van der Waals surface area contributed by atoms with Crippen LogP contribution in [0.2, 0.25) is 0 Å². The number of carbonyl (C=O) groups is 1. The number of nitrogens with zero attached hydrogens (tertiary/aromatic N) is 1. The highest BCUT2D eigenvalue weighted by Crippen LogP contribution is 2.29. The lowest BCUT2D eigenvalue weighted by Gasteiger charge is -2.00. The summed E-state index contributed by atoms with van der Waals surface area (Å²) in [6.45, 7) is 0.429. The molecule has 2 aromatic heterocycles. The quantitative estimate of drug-likeness (QED) is 0.620. The van der Waals surface area contributed by atoms with Crippen LogP contribution in [0.3, 0.4) is 0 Å². The summed E-state index contributed by atoms with van der Waals surface area (Å²) in [7, 11) is 0. The van der Waals surface area contributed by atoms with Crippen LogP contribution in [-0.2, 0) is 11.3 Å². The van der Waals surface area contributed by atoms with E-state index in [0.717, 1.165) is 15.0 Å². The van der Waals surface area contributed by atoms with Gasteiger partial charge in [-0.25, -0.2) is 0 Å². The van der Waals surface area contributed by atoms with E-state index in [9.17, 15) is 4.79 Å². The topological polar surface area (TPSA) is 42.0 Å². The molecular formula is C19H15BrN2OS. The molecule has 0 atom stereocenters. The smallest absolute Gasteiger partial charge is 0.244 e. The van der Waals surface area contributed by atoms with Crippen molar-refractivity contribution in [3.05, 3.63) is 81.9 Å². The van der Waals surface area contributed by atoms with Gasteiger partial charge in [0.25, 0.3) is 0 Å². The fraction of sp³-hybridized carbons (Fsp3) is 0.0526. The van der Waals surface area contributed by atoms with Crippen LogP contribution in [0.25, 0.3) is 16.5 Å². The second-order valence-electron chi connectivity index (χ2n) is 5.08. The highest BCUT2D eigenvalue weighted by molar-refractivity contribution is 9.10. The first-order chi connectivity index (χ1) is 11.7. The summed E-state index contributed by atoms with van der Waals surface area (Å²) in [5.74, 6) is -0.126. The van der Waals surface area contributed by atoms with Crippen LogP contribution in [0.15, 0.2) is 71.3 Å². The van der Waals surface area contributed by atoms with Gasteiger partial charge >= 0.3 is 0 Å². The zero-order chi connectivity index (χ0) is 16.8. The molecule has 0 spiro atoms. The lowest BCUT2D eigenvalue weighted by Crippen LogP contribution is -2.20. The van der Waals surface area contributed by atoms with Gasteiger partial charge in [-0.15, -0.1) is 11.3 Å². The molecule has 0 fully saturated rings. The molecule has 1 aromatic carbocycles. The zero-order valence-electron chi connectivity index (χ0n) is 12.8. The summed E-state index contributed by atoms with van der Waals surface area (Å²) in [4.78, 5) is 18.3. The number of hydrogen-bond acceptors (Lipinski definition) is 3. The molecule has 3 aromatic rings. The fourth-order valence-corrected chi connectivity index (χ4v) is 3.29. The molecule has 0 bridgehead atoms. The van der Waals surface area contributed by atoms with Crippen molar-refractivity contribution in [2.45, 2.75) is 6.54 Å². The van der Waals surface area contributed by atoms with Crippen LogP contribution in [0.1, 0.15) is 10.6 Å². The van der Waals surface area contributed by atoms with Crippen molar-refractivity contribution in [1.82, 2.24) is 10.3 Å². The van der Waals surface area contributed by atoms with Crippen molar-refractivity contribution < 1.29 is 4.79 Å². The maximum atomic E-state index is 11.9. The van der Waals surface area contributed by atoms with Crippen LogP contribution >= 0.6 is 27.3 Å². The van der Waals surface area contributed by atoms with Crippen molar-refractivity contribution in [2.24, 2.45) is 0 Å². The second-order valence-corrected chi connectivity index (χ2v) is 7.11. The van der Waals surface area contributed by atoms with Crippen LogP contribution in [0.5, 0.6) is 0 Å². The molecule has 1 N–H and O–H groups in total. The maximum absolute atomic E-state index is 11.9. The number of carbonyl (C=O) groups excluding carboxylic acids is 1. The van der Waals surface area contributed by atoms with Gasteiger partial charge in [-0.3, -0.25) is 9.78 Å². The summed E-state index contributed by atoms with van der Waals surface area (Å²) < 4.78 is 1.06. The van der Waals surface area contributed by atoms with Gasteiger partial charge in [0.15, 0.2) is 0 Å². The minimum Gasteiger partial charge on any atom is -0.347 e. The van der Waals surface area contributed by atoms with Gasteiger partial charge in [-0.2, -0.15) is 0 Å². The number of thiophene rings is 1. The highest BCUT2D eigenvalue weighted by Gasteiger charge is 2.02. The van der Waals surface area contributed by atoms with Gasteiger partial charge < -0.3 is 5.32 Å². The van der Waals surface area contributed by atoms with Gasteiger partial charge in [0.05, 0.1) is 12.2 Å². The Bertz CT molecular complexity index is 841. The van der Waals surface area contributed by atoms with Crippen molar-refractivity contribution in [3.63, 3.8) is 0 Å². The Kier molecular flexibility index (Phi) is 5.56. The molecule has 0 aliphatic heterocycles. The van der Waals surface area contributed by atoms with Gasteiger partial charge in [0.1, 0.15) is 0 Å². The molecule has 0 radical (unpaired) electrons. The Morgan fingerprint density at radius 3 is 2.71 bits per heavy atom. The largest absolute Gasteiger partial charge is 0.347 e. The van der Waals surface area contributed by atoms with Crippen LogP contribution < -0.4 is 5.32 Å². The summed E-state index contributed by atoms with van der Waals surface area (Å²) >= 11 is 5.09. The molecule has 1 amide bonds. The van der Waals surface area contributed by atoms with Gasteiger partial charge in [0, 0.05) is 26.5 Å². The van der Waals surface area contributed by atoms with Gasteiger partial charge in [-0.05, 0) is 48.0 Å². The molecule has 3 nitrogen and oxygen atoms in total. The van der Waals surface area contributed by atoms with Gasteiger partial charge in [0.2, 0.25) is 5.91 Å². The lowest BCUT2D eigenvalue weighted by molar-refractivity contribution is -0.116. The minimum absolute atomic E-state index is 0.126. The average Bonchev–Trinajstić information content (AvgIpc) is 3.09. The number of aromatic nitrogens is 1. The van der Waals surface area contributed by atoms with E-state index in [1.165, 1.54) is 10.4 Å². The number of rotatable bonds is 5. The predicted octanol–water partition coefficient (Wildman–Crippen LogP) is 4.90. The Morgan fingerprint density at radius 1 is 1.12 bits per heavy atom. The van der Waals surface area contributed by atoms with Gasteiger partial charge in [-0.1, -0.05) is 34.1 Å². The summed E-state index contributed by atoms with van der Waals surface area (Å²) in [5, 5.41) is 2.83. The number of hydrogen-bond donors (Lipinski definition) is 1. The number of pyridine rings is 1. The number of amides is 1. The Hall–Kier alpha value is -2.24. The summed E-state index contributed by atoms with van der Waals surface area (Å²) in [6.07, 6.45) is 5.10. The minimum atomic E-state index is -0.126.